The van der Waals surface area contributed by atoms with Gasteiger partial charge in [0.1, 0.15) is 22.8 Å². The smallest absolute Gasteiger partial charge is 0.339 e. The number of furan rings is 1. The Morgan fingerprint density at radius 2 is 1.82 bits per heavy atom. The number of amides is 1. The number of benzene rings is 2. The van der Waals surface area contributed by atoms with Gasteiger partial charge in [-0.3, -0.25) is 4.79 Å². The molecule has 142 valence electrons. The summed E-state index contributed by atoms with van der Waals surface area (Å²) in [5.41, 5.74) is 0.593. The van der Waals surface area contributed by atoms with Crippen molar-refractivity contribution in [1.82, 2.24) is 0 Å². The summed E-state index contributed by atoms with van der Waals surface area (Å²) in [7, 11) is 0. The summed E-state index contributed by atoms with van der Waals surface area (Å²) in [6.45, 7) is 0. The average Bonchev–Trinajstić information content (AvgIpc) is 3.10. The number of aromatic hydroxyl groups is 1. The maximum atomic E-state index is 12.0. The topological polar surface area (TPSA) is 99.8 Å². The third kappa shape index (κ3) is 4.54. The molecule has 1 amide bonds. The molecule has 0 aliphatic heterocycles. The molecular weight excluding hydrogens is 405 g/mol. The first-order valence-corrected chi connectivity index (χ1v) is 8.70. The second-order valence-corrected chi connectivity index (χ2v) is 6.53. The molecule has 0 spiro atoms. The highest BCUT2D eigenvalue weighted by molar-refractivity contribution is 6.36. The molecule has 0 unspecified atom stereocenters. The third-order valence-corrected chi connectivity index (χ3v) is 4.26. The predicted octanol–water partition coefficient (Wildman–Crippen LogP) is 5.31. The molecule has 2 aromatic carbocycles. The molecule has 28 heavy (non-hydrogen) atoms. The normalized spacial score (nSPS) is 10.9. The van der Waals surface area contributed by atoms with E-state index in [2.05, 4.69) is 5.32 Å². The Morgan fingerprint density at radius 3 is 2.54 bits per heavy atom. The van der Waals surface area contributed by atoms with Crippen LogP contribution in [0, 0.1) is 0 Å². The zero-order valence-corrected chi connectivity index (χ0v) is 15.7. The summed E-state index contributed by atoms with van der Waals surface area (Å²) in [6.07, 6.45) is 2.69. The number of carboxylic acids is 1. The van der Waals surface area contributed by atoms with Crippen molar-refractivity contribution < 1.29 is 24.2 Å². The van der Waals surface area contributed by atoms with Crippen LogP contribution in [0.4, 0.5) is 5.69 Å². The van der Waals surface area contributed by atoms with Crippen LogP contribution in [0.5, 0.6) is 5.75 Å². The van der Waals surface area contributed by atoms with Crippen LogP contribution in [0.3, 0.4) is 0 Å². The van der Waals surface area contributed by atoms with E-state index in [0.717, 1.165) is 6.07 Å². The molecule has 1 aromatic heterocycles. The Kier molecular flexibility index (Phi) is 5.73. The highest BCUT2D eigenvalue weighted by atomic mass is 35.5. The SMILES string of the molecule is O=C(/C=C/c1ccc(-c2ccc(Cl)cc2Cl)o1)Nc1ccc(O)c(C(=O)O)c1. The highest BCUT2D eigenvalue weighted by Gasteiger charge is 2.11. The Hall–Kier alpha value is -3.22. The van der Waals surface area contributed by atoms with E-state index in [1.807, 2.05) is 0 Å². The second-order valence-electron chi connectivity index (χ2n) is 5.69. The number of carbonyl (C=O) groups excluding carboxylic acids is 1. The zero-order valence-electron chi connectivity index (χ0n) is 14.1. The minimum Gasteiger partial charge on any atom is -0.507 e. The van der Waals surface area contributed by atoms with Crippen molar-refractivity contribution in [2.24, 2.45) is 0 Å². The molecular formula is C20H13Cl2NO5. The van der Waals surface area contributed by atoms with Gasteiger partial charge < -0.3 is 19.9 Å². The van der Waals surface area contributed by atoms with Crippen LogP contribution in [-0.2, 0) is 4.79 Å². The number of aromatic carboxylic acids is 1. The molecule has 0 radical (unpaired) electrons. The molecule has 0 aliphatic rings. The van der Waals surface area contributed by atoms with Crippen LogP contribution in [0.25, 0.3) is 17.4 Å². The summed E-state index contributed by atoms with van der Waals surface area (Å²) in [4.78, 5) is 23.1. The fourth-order valence-corrected chi connectivity index (χ4v) is 2.90. The van der Waals surface area contributed by atoms with Gasteiger partial charge >= 0.3 is 5.97 Å². The molecule has 0 saturated heterocycles. The van der Waals surface area contributed by atoms with Gasteiger partial charge in [-0.15, -0.1) is 0 Å². The summed E-state index contributed by atoms with van der Waals surface area (Å²) in [5, 5.41) is 21.9. The largest absolute Gasteiger partial charge is 0.507 e. The highest BCUT2D eigenvalue weighted by Crippen LogP contribution is 2.31. The number of nitrogens with one attached hydrogen (secondary N) is 1. The van der Waals surface area contributed by atoms with Crippen LogP contribution in [0.15, 0.2) is 59.0 Å². The van der Waals surface area contributed by atoms with Crippen LogP contribution in [0.2, 0.25) is 10.0 Å². The molecule has 1 heterocycles. The summed E-state index contributed by atoms with van der Waals surface area (Å²) >= 11 is 12.0. The standard InChI is InChI=1S/C20H13Cl2NO5/c21-11-1-5-14(16(22)9-11)18-7-3-13(28-18)4-8-19(25)23-12-2-6-17(24)15(10-12)20(26)27/h1-10,24H,(H,23,25)(H,26,27)/b8-4+. The van der Waals surface area contributed by atoms with Crippen molar-refractivity contribution in [3.8, 4) is 17.1 Å². The van der Waals surface area contributed by atoms with Gasteiger partial charge in [-0.05, 0) is 54.6 Å². The number of anilines is 1. The van der Waals surface area contributed by atoms with Gasteiger partial charge in [-0.25, -0.2) is 4.79 Å². The van der Waals surface area contributed by atoms with E-state index in [1.54, 1.807) is 30.3 Å². The van der Waals surface area contributed by atoms with Gasteiger partial charge in [-0.2, -0.15) is 0 Å². The number of halogens is 2. The maximum Gasteiger partial charge on any atom is 0.339 e. The van der Waals surface area contributed by atoms with Crippen molar-refractivity contribution in [3.63, 3.8) is 0 Å². The van der Waals surface area contributed by atoms with Gasteiger partial charge in [-0.1, -0.05) is 23.2 Å². The van der Waals surface area contributed by atoms with Crippen molar-refractivity contribution >= 4 is 46.8 Å². The second kappa shape index (κ2) is 8.21. The van der Waals surface area contributed by atoms with Gasteiger partial charge in [0.2, 0.25) is 5.91 Å². The minimum absolute atomic E-state index is 0.234. The Labute approximate surface area is 169 Å². The monoisotopic (exact) mass is 417 g/mol. The first-order chi connectivity index (χ1) is 13.3. The summed E-state index contributed by atoms with van der Waals surface area (Å²) < 4.78 is 5.65. The van der Waals surface area contributed by atoms with Crippen LogP contribution in [0.1, 0.15) is 16.1 Å². The Bertz CT molecular complexity index is 1090. The molecule has 6 nitrogen and oxygen atoms in total. The first-order valence-electron chi connectivity index (χ1n) is 7.94. The van der Waals surface area contributed by atoms with E-state index in [4.69, 9.17) is 32.7 Å². The van der Waals surface area contributed by atoms with Gasteiger partial charge in [0.25, 0.3) is 0 Å². The number of carboxylic acid groups (broad SMARTS) is 1. The van der Waals surface area contributed by atoms with E-state index < -0.39 is 11.9 Å². The fraction of sp³-hybridized carbons (Fsp3) is 0. The lowest BCUT2D eigenvalue weighted by atomic mass is 10.2. The zero-order chi connectivity index (χ0) is 20.3. The molecule has 3 N–H and O–H groups in total. The lowest BCUT2D eigenvalue weighted by molar-refractivity contribution is -0.111. The van der Waals surface area contributed by atoms with Crippen molar-refractivity contribution in [1.29, 1.82) is 0 Å². The quantitative estimate of drug-likeness (QED) is 0.385. The summed E-state index contributed by atoms with van der Waals surface area (Å²) in [5.74, 6) is -1.23. The number of rotatable bonds is 5. The van der Waals surface area contributed by atoms with E-state index in [0.29, 0.717) is 27.1 Å². The van der Waals surface area contributed by atoms with Gasteiger partial charge in [0, 0.05) is 22.3 Å². The van der Waals surface area contributed by atoms with Crippen LogP contribution in [-0.4, -0.2) is 22.1 Å². The Balaban J connectivity index is 1.71. The molecule has 0 fully saturated rings. The van der Waals surface area contributed by atoms with Gasteiger partial charge in [0.15, 0.2) is 0 Å². The maximum absolute atomic E-state index is 12.0. The summed E-state index contributed by atoms with van der Waals surface area (Å²) in [6, 6.07) is 12.2. The molecule has 8 heteroatoms. The van der Waals surface area contributed by atoms with Crippen LogP contribution >= 0.6 is 23.2 Å². The average molecular weight is 418 g/mol. The van der Waals surface area contributed by atoms with Crippen molar-refractivity contribution in [2.75, 3.05) is 5.32 Å². The minimum atomic E-state index is -1.30. The third-order valence-electron chi connectivity index (χ3n) is 3.72. The fourth-order valence-electron chi connectivity index (χ4n) is 2.40. The molecule has 0 aliphatic carbocycles. The van der Waals surface area contributed by atoms with E-state index >= 15 is 0 Å². The lowest BCUT2D eigenvalue weighted by Crippen LogP contribution is -2.08. The van der Waals surface area contributed by atoms with Crippen molar-refractivity contribution in [3.05, 3.63) is 76.0 Å². The van der Waals surface area contributed by atoms with Gasteiger partial charge in [0.05, 0.1) is 5.02 Å². The molecule has 0 bridgehead atoms. The molecule has 3 rings (SSSR count). The number of hydrogen-bond donors (Lipinski definition) is 3. The number of carbonyl (C=O) groups is 2. The van der Waals surface area contributed by atoms with E-state index in [-0.39, 0.29) is 17.0 Å². The lowest BCUT2D eigenvalue weighted by Gasteiger charge is -2.05. The van der Waals surface area contributed by atoms with E-state index in [1.165, 1.54) is 24.3 Å². The molecule has 0 atom stereocenters. The molecule has 3 aromatic rings. The number of hydrogen-bond acceptors (Lipinski definition) is 4. The molecule has 0 saturated carbocycles. The number of phenols is 1. The van der Waals surface area contributed by atoms with Crippen LogP contribution < -0.4 is 5.32 Å². The van der Waals surface area contributed by atoms with Crippen molar-refractivity contribution in [2.45, 2.75) is 0 Å². The predicted molar refractivity (Wildman–Crippen MR) is 107 cm³/mol. The van der Waals surface area contributed by atoms with E-state index in [9.17, 15) is 14.7 Å². The first kappa shape index (κ1) is 19.5. The Morgan fingerprint density at radius 1 is 1.04 bits per heavy atom.